The van der Waals surface area contributed by atoms with E-state index >= 15 is 0 Å². The number of aromatic nitrogens is 4. The van der Waals surface area contributed by atoms with E-state index in [0.717, 1.165) is 12.0 Å². The molecule has 0 saturated carbocycles. The number of rotatable bonds is 7. The van der Waals surface area contributed by atoms with Crippen LogP contribution in [0.15, 0.2) is 65.4 Å². The van der Waals surface area contributed by atoms with E-state index in [1.54, 1.807) is 37.6 Å². The molecule has 34 heavy (non-hydrogen) atoms. The topological polar surface area (TPSA) is 115 Å². The zero-order valence-electron chi connectivity index (χ0n) is 18.9. The predicted octanol–water partition coefficient (Wildman–Crippen LogP) is 3.58. The average Bonchev–Trinajstić information content (AvgIpc) is 3.40. The highest BCUT2D eigenvalue weighted by Gasteiger charge is 2.32. The Hall–Kier alpha value is -4.34. The number of carbonyl (C=O) groups excluding carboxylic acids is 2. The van der Waals surface area contributed by atoms with Crippen molar-refractivity contribution in [1.82, 2.24) is 25.1 Å². The summed E-state index contributed by atoms with van der Waals surface area (Å²) in [5, 5.41) is 9.73. The average molecular weight is 462 g/mol. The van der Waals surface area contributed by atoms with Gasteiger partial charge in [0.05, 0.1) is 12.2 Å². The van der Waals surface area contributed by atoms with Crippen molar-refractivity contribution < 1.29 is 18.4 Å². The Balaban J connectivity index is 1.57. The van der Waals surface area contributed by atoms with Crippen molar-refractivity contribution in [2.75, 3.05) is 5.32 Å². The number of nitrogens with zero attached hydrogens (tertiary/aromatic N) is 4. The van der Waals surface area contributed by atoms with E-state index in [2.05, 4.69) is 25.7 Å². The van der Waals surface area contributed by atoms with Crippen LogP contribution in [0.2, 0.25) is 0 Å². The third-order valence-electron chi connectivity index (χ3n) is 5.12. The standard InChI is InChI=1S/C24H23FN6O3/c1-15-19(34-14-26-15)21(32)29-24(2,3)22(33)28-23-27-20(17-9-11-18(25)12-10-17)31(30-23)13-16-7-5-4-6-8-16/h4-12,14H,13H2,1-3H3,(H,29,32)(H,28,30,33). The predicted molar refractivity (Wildman–Crippen MR) is 122 cm³/mol. The van der Waals surface area contributed by atoms with Crippen molar-refractivity contribution >= 4 is 17.8 Å². The van der Waals surface area contributed by atoms with E-state index < -0.39 is 17.4 Å². The van der Waals surface area contributed by atoms with Gasteiger partial charge in [-0.1, -0.05) is 30.3 Å². The highest BCUT2D eigenvalue weighted by molar-refractivity contribution is 6.02. The van der Waals surface area contributed by atoms with Gasteiger partial charge in [0.25, 0.3) is 11.8 Å². The first-order valence-electron chi connectivity index (χ1n) is 10.5. The summed E-state index contributed by atoms with van der Waals surface area (Å²) in [6.07, 6.45) is 1.16. The fraction of sp³-hybridized carbons (Fsp3) is 0.208. The zero-order valence-corrected chi connectivity index (χ0v) is 18.9. The van der Waals surface area contributed by atoms with Crippen LogP contribution in [0, 0.1) is 12.7 Å². The van der Waals surface area contributed by atoms with Gasteiger partial charge in [-0.05, 0) is 50.6 Å². The lowest BCUT2D eigenvalue weighted by molar-refractivity contribution is -0.121. The minimum atomic E-state index is -1.31. The first kappa shape index (κ1) is 22.8. The fourth-order valence-electron chi connectivity index (χ4n) is 3.25. The van der Waals surface area contributed by atoms with Gasteiger partial charge in [0.2, 0.25) is 11.7 Å². The molecule has 2 aromatic carbocycles. The van der Waals surface area contributed by atoms with Gasteiger partial charge in [-0.3, -0.25) is 14.9 Å². The lowest BCUT2D eigenvalue weighted by atomic mass is 10.0. The van der Waals surface area contributed by atoms with Gasteiger partial charge in [-0.25, -0.2) is 14.1 Å². The summed E-state index contributed by atoms with van der Waals surface area (Å²) < 4.78 is 20.2. The molecule has 2 amide bonds. The lowest BCUT2D eigenvalue weighted by Gasteiger charge is -2.23. The summed E-state index contributed by atoms with van der Waals surface area (Å²) in [7, 11) is 0. The third kappa shape index (κ3) is 5.01. The van der Waals surface area contributed by atoms with Crippen LogP contribution >= 0.6 is 0 Å². The molecule has 2 aromatic heterocycles. The molecule has 0 saturated heterocycles. The maximum atomic E-state index is 13.4. The lowest BCUT2D eigenvalue weighted by Crippen LogP contribution is -2.52. The van der Waals surface area contributed by atoms with Gasteiger partial charge in [0.1, 0.15) is 11.4 Å². The number of hydrogen-bond donors (Lipinski definition) is 2. The molecule has 2 N–H and O–H groups in total. The number of oxazole rings is 1. The van der Waals surface area contributed by atoms with E-state index in [4.69, 9.17) is 4.42 Å². The van der Waals surface area contributed by atoms with Crippen molar-refractivity contribution in [2.24, 2.45) is 0 Å². The Kier molecular flexibility index (Phi) is 6.22. The molecule has 0 unspecified atom stereocenters. The Morgan fingerprint density at radius 1 is 1.09 bits per heavy atom. The van der Waals surface area contributed by atoms with Crippen LogP contribution in [-0.4, -0.2) is 37.1 Å². The summed E-state index contributed by atoms with van der Waals surface area (Å²) in [5.74, 6) is -0.919. The van der Waals surface area contributed by atoms with E-state index in [1.165, 1.54) is 12.1 Å². The van der Waals surface area contributed by atoms with Crippen LogP contribution in [0.1, 0.15) is 35.7 Å². The normalized spacial score (nSPS) is 11.3. The van der Waals surface area contributed by atoms with Crippen molar-refractivity contribution in [3.8, 4) is 11.4 Å². The minimum Gasteiger partial charge on any atom is -0.438 e. The van der Waals surface area contributed by atoms with Gasteiger partial charge in [-0.15, -0.1) is 5.10 Å². The molecule has 174 valence electrons. The van der Waals surface area contributed by atoms with Crippen LogP contribution < -0.4 is 10.6 Å². The maximum absolute atomic E-state index is 13.4. The smallest absolute Gasteiger partial charge is 0.289 e. The minimum absolute atomic E-state index is 0.0322. The molecule has 0 aliphatic rings. The highest BCUT2D eigenvalue weighted by atomic mass is 19.1. The van der Waals surface area contributed by atoms with E-state index in [1.807, 2.05) is 30.3 Å². The molecule has 0 bridgehead atoms. The van der Waals surface area contributed by atoms with E-state index in [9.17, 15) is 14.0 Å². The molecule has 0 atom stereocenters. The van der Waals surface area contributed by atoms with Crippen LogP contribution in [0.5, 0.6) is 0 Å². The number of hydrogen-bond acceptors (Lipinski definition) is 6. The monoisotopic (exact) mass is 462 g/mol. The molecule has 0 radical (unpaired) electrons. The summed E-state index contributed by atoms with van der Waals surface area (Å²) in [5.41, 5.74) is 0.721. The molecule has 0 fully saturated rings. The number of amides is 2. The molecule has 4 rings (SSSR count). The molecule has 10 heteroatoms. The Morgan fingerprint density at radius 3 is 2.44 bits per heavy atom. The molecular weight excluding hydrogens is 439 g/mol. The number of aryl methyl sites for hydroxylation is 1. The van der Waals surface area contributed by atoms with Crippen LogP contribution in [0.3, 0.4) is 0 Å². The maximum Gasteiger partial charge on any atom is 0.289 e. The Morgan fingerprint density at radius 2 is 1.79 bits per heavy atom. The Labute approximate surface area is 195 Å². The van der Waals surface area contributed by atoms with Crippen molar-refractivity contribution in [1.29, 1.82) is 0 Å². The van der Waals surface area contributed by atoms with Crippen LogP contribution in [-0.2, 0) is 11.3 Å². The zero-order chi connectivity index (χ0) is 24.3. The molecule has 4 aromatic rings. The van der Waals surface area contributed by atoms with Gasteiger partial charge in [0.15, 0.2) is 12.2 Å². The summed E-state index contributed by atoms with van der Waals surface area (Å²) in [4.78, 5) is 33.8. The van der Waals surface area contributed by atoms with Crippen LogP contribution in [0.25, 0.3) is 11.4 Å². The molecule has 9 nitrogen and oxygen atoms in total. The Bertz CT molecular complexity index is 1310. The largest absolute Gasteiger partial charge is 0.438 e. The highest BCUT2D eigenvalue weighted by Crippen LogP contribution is 2.21. The summed E-state index contributed by atoms with van der Waals surface area (Å²) >= 11 is 0. The molecule has 0 aliphatic heterocycles. The van der Waals surface area contributed by atoms with Gasteiger partial charge in [0, 0.05) is 5.56 Å². The number of carbonyl (C=O) groups is 2. The van der Waals surface area contributed by atoms with Crippen molar-refractivity contribution in [3.63, 3.8) is 0 Å². The second kappa shape index (κ2) is 9.26. The van der Waals surface area contributed by atoms with E-state index in [0.29, 0.717) is 23.6 Å². The first-order valence-corrected chi connectivity index (χ1v) is 10.5. The van der Waals surface area contributed by atoms with Gasteiger partial charge >= 0.3 is 0 Å². The number of benzene rings is 2. The third-order valence-corrected chi connectivity index (χ3v) is 5.12. The number of nitrogens with one attached hydrogen (secondary N) is 2. The molecule has 2 heterocycles. The quantitative estimate of drug-likeness (QED) is 0.434. The van der Waals surface area contributed by atoms with Gasteiger partial charge in [-0.2, -0.15) is 4.98 Å². The second-order valence-electron chi connectivity index (χ2n) is 8.21. The number of anilines is 1. The fourth-order valence-corrected chi connectivity index (χ4v) is 3.25. The van der Waals surface area contributed by atoms with Crippen LogP contribution in [0.4, 0.5) is 10.3 Å². The second-order valence-corrected chi connectivity index (χ2v) is 8.21. The first-order chi connectivity index (χ1) is 16.2. The SMILES string of the molecule is Cc1ncoc1C(=O)NC(C)(C)C(=O)Nc1nc(-c2ccc(F)cc2)n(Cc2ccccc2)n1. The molecule has 0 aliphatic carbocycles. The van der Waals surface area contributed by atoms with Crippen molar-refractivity contribution in [2.45, 2.75) is 32.9 Å². The number of halogens is 1. The van der Waals surface area contributed by atoms with E-state index in [-0.39, 0.29) is 17.5 Å². The molecule has 0 spiro atoms. The van der Waals surface area contributed by atoms with Crippen molar-refractivity contribution in [3.05, 3.63) is 83.8 Å². The van der Waals surface area contributed by atoms with Gasteiger partial charge < -0.3 is 9.73 Å². The molecular formula is C24H23FN6O3. The summed E-state index contributed by atoms with van der Waals surface area (Å²) in [6, 6.07) is 15.5. The summed E-state index contributed by atoms with van der Waals surface area (Å²) in [6.45, 7) is 5.12.